The maximum atomic E-state index is 13.4. The van der Waals surface area contributed by atoms with Crippen LogP contribution in [0.25, 0.3) is 0 Å². The van der Waals surface area contributed by atoms with Gasteiger partial charge in [-0.25, -0.2) is 0 Å². The summed E-state index contributed by atoms with van der Waals surface area (Å²) in [6.45, 7) is 3.15. The molecular formula is C28H31NO. The van der Waals surface area contributed by atoms with Crippen LogP contribution in [0.1, 0.15) is 48.8 Å². The molecule has 1 saturated heterocycles. The summed E-state index contributed by atoms with van der Waals surface area (Å²) in [5.74, 6) is 0.331. The smallest absolute Gasteiger partial charge is 0.135 e. The number of Topliss-reactive ketones (excluding diaryl/α,β-unsaturated/α-hetero) is 1. The predicted octanol–water partition coefficient (Wildman–Crippen LogP) is 5.86. The molecule has 3 aromatic rings. The summed E-state index contributed by atoms with van der Waals surface area (Å²) in [7, 11) is 0. The van der Waals surface area contributed by atoms with E-state index in [1.165, 1.54) is 36.0 Å². The number of hydrogen-bond acceptors (Lipinski definition) is 2. The third-order valence-corrected chi connectivity index (χ3v) is 6.42. The lowest BCUT2D eigenvalue weighted by Gasteiger charge is -2.36. The van der Waals surface area contributed by atoms with Crippen molar-refractivity contribution in [1.82, 2.24) is 4.90 Å². The van der Waals surface area contributed by atoms with Crippen LogP contribution in [-0.4, -0.2) is 30.3 Å². The van der Waals surface area contributed by atoms with E-state index in [2.05, 4.69) is 77.7 Å². The number of likely N-dealkylation sites (tertiary alicyclic amines) is 1. The van der Waals surface area contributed by atoms with E-state index in [0.29, 0.717) is 18.6 Å². The lowest BCUT2D eigenvalue weighted by Crippen LogP contribution is -2.35. The first kappa shape index (κ1) is 20.6. The van der Waals surface area contributed by atoms with Gasteiger partial charge in [0.2, 0.25) is 0 Å². The Labute approximate surface area is 180 Å². The van der Waals surface area contributed by atoms with Gasteiger partial charge in [-0.05, 0) is 42.6 Å². The van der Waals surface area contributed by atoms with Crippen LogP contribution in [0.5, 0.6) is 0 Å². The van der Waals surface area contributed by atoms with Crippen LogP contribution >= 0.6 is 0 Å². The van der Waals surface area contributed by atoms with Crippen molar-refractivity contribution in [1.29, 1.82) is 0 Å². The van der Waals surface area contributed by atoms with E-state index < -0.39 is 5.41 Å². The first-order valence-electron chi connectivity index (χ1n) is 11.2. The normalized spacial score (nSPS) is 15.1. The molecule has 0 aromatic heterocycles. The highest BCUT2D eigenvalue weighted by molar-refractivity contribution is 5.82. The number of benzene rings is 3. The number of ketones is 1. The number of carbonyl (C=O) groups excluding carboxylic acids is 1. The average Bonchev–Trinajstić information content (AvgIpc) is 2.83. The molecule has 1 heterocycles. The van der Waals surface area contributed by atoms with Crippen LogP contribution in [0, 0.1) is 0 Å². The summed E-state index contributed by atoms with van der Waals surface area (Å²) >= 11 is 0. The van der Waals surface area contributed by atoms with Gasteiger partial charge in [-0.2, -0.15) is 0 Å². The third kappa shape index (κ3) is 4.55. The van der Waals surface area contributed by atoms with Crippen LogP contribution in [0.2, 0.25) is 0 Å². The molecule has 2 nitrogen and oxygen atoms in total. The largest absolute Gasteiger partial charge is 0.303 e. The standard InChI is InChI=1S/C28H31NO/c30-27(19-22-29-20-11-4-12-21-29)23-28(24-13-5-1-6-14-24,25-15-7-2-8-16-25)26-17-9-3-10-18-26/h1-3,5-10,13-18H,4,11-12,19-23H2. The molecule has 1 aliphatic rings. The minimum absolute atomic E-state index is 0.331. The fourth-order valence-electron chi connectivity index (χ4n) is 4.82. The Hall–Kier alpha value is -2.71. The molecule has 0 atom stereocenters. The molecule has 0 bridgehead atoms. The summed E-state index contributed by atoms with van der Waals surface area (Å²) < 4.78 is 0. The van der Waals surface area contributed by atoms with Crippen LogP contribution in [0.4, 0.5) is 0 Å². The number of nitrogens with zero attached hydrogens (tertiary/aromatic N) is 1. The van der Waals surface area contributed by atoms with E-state index in [1.807, 2.05) is 18.2 Å². The molecule has 0 N–H and O–H groups in total. The molecule has 1 fully saturated rings. The van der Waals surface area contributed by atoms with Crippen molar-refractivity contribution < 1.29 is 4.79 Å². The van der Waals surface area contributed by atoms with Gasteiger partial charge in [-0.15, -0.1) is 0 Å². The zero-order valence-electron chi connectivity index (χ0n) is 17.7. The molecule has 0 unspecified atom stereocenters. The average molecular weight is 398 g/mol. The zero-order valence-corrected chi connectivity index (χ0v) is 17.7. The fraction of sp³-hybridized carbons (Fsp3) is 0.321. The third-order valence-electron chi connectivity index (χ3n) is 6.42. The Morgan fingerprint density at radius 3 is 1.53 bits per heavy atom. The van der Waals surface area contributed by atoms with Crippen molar-refractivity contribution >= 4 is 5.78 Å². The molecule has 154 valence electrons. The van der Waals surface area contributed by atoms with Crippen LogP contribution in [0.15, 0.2) is 91.0 Å². The van der Waals surface area contributed by atoms with Gasteiger partial charge in [0.05, 0.1) is 5.41 Å². The van der Waals surface area contributed by atoms with Crippen molar-refractivity contribution in [3.8, 4) is 0 Å². The molecular weight excluding hydrogens is 366 g/mol. The number of hydrogen-bond donors (Lipinski definition) is 0. The highest BCUT2D eigenvalue weighted by Gasteiger charge is 2.38. The summed E-state index contributed by atoms with van der Waals surface area (Å²) in [5.41, 5.74) is 3.05. The van der Waals surface area contributed by atoms with Gasteiger partial charge in [-0.1, -0.05) is 97.4 Å². The number of piperidine rings is 1. The van der Waals surface area contributed by atoms with E-state index >= 15 is 0 Å². The zero-order chi connectivity index (χ0) is 20.7. The van der Waals surface area contributed by atoms with Gasteiger partial charge in [-0.3, -0.25) is 4.79 Å². The highest BCUT2D eigenvalue weighted by atomic mass is 16.1. The van der Waals surface area contributed by atoms with Gasteiger partial charge in [0, 0.05) is 19.4 Å². The summed E-state index contributed by atoms with van der Waals surface area (Å²) in [5, 5.41) is 0. The Bertz CT molecular complexity index is 818. The molecule has 30 heavy (non-hydrogen) atoms. The molecule has 0 radical (unpaired) electrons. The molecule has 0 spiro atoms. The summed E-state index contributed by atoms with van der Waals surface area (Å²) in [6, 6.07) is 31.6. The second kappa shape index (κ2) is 9.86. The Kier molecular flexibility index (Phi) is 6.76. The van der Waals surface area contributed by atoms with Gasteiger partial charge in [0.15, 0.2) is 0 Å². The first-order chi connectivity index (χ1) is 14.8. The highest BCUT2D eigenvalue weighted by Crippen LogP contribution is 2.42. The van der Waals surface area contributed by atoms with Crippen LogP contribution < -0.4 is 0 Å². The molecule has 4 rings (SSSR count). The first-order valence-corrected chi connectivity index (χ1v) is 11.2. The van der Waals surface area contributed by atoms with Crippen molar-refractivity contribution in [2.45, 2.75) is 37.5 Å². The minimum Gasteiger partial charge on any atom is -0.303 e. The Morgan fingerprint density at radius 1 is 0.667 bits per heavy atom. The van der Waals surface area contributed by atoms with Crippen molar-refractivity contribution in [2.75, 3.05) is 19.6 Å². The topological polar surface area (TPSA) is 20.3 Å². The second-order valence-corrected chi connectivity index (χ2v) is 8.37. The van der Waals surface area contributed by atoms with Crippen molar-refractivity contribution in [3.05, 3.63) is 108 Å². The van der Waals surface area contributed by atoms with Crippen molar-refractivity contribution in [3.63, 3.8) is 0 Å². The van der Waals surface area contributed by atoms with E-state index in [9.17, 15) is 4.79 Å². The molecule has 2 heteroatoms. The van der Waals surface area contributed by atoms with Gasteiger partial charge in [0.25, 0.3) is 0 Å². The lowest BCUT2D eigenvalue weighted by molar-refractivity contribution is -0.120. The second-order valence-electron chi connectivity index (χ2n) is 8.37. The molecule has 0 aliphatic carbocycles. The molecule has 1 aliphatic heterocycles. The SMILES string of the molecule is O=C(CCN1CCCCC1)CC(c1ccccc1)(c1ccccc1)c1ccccc1. The van der Waals surface area contributed by atoms with Gasteiger partial charge < -0.3 is 4.90 Å². The molecule has 0 amide bonds. The maximum absolute atomic E-state index is 13.4. The van der Waals surface area contributed by atoms with E-state index in [4.69, 9.17) is 0 Å². The minimum atomic E-state index is -0.469. The number of carbonyl (C=O) groups is 1. The Morgan fingerprint density at radius 2 is 1.10 bits per heavy atom. The van der Waals surface area contributed by atoms with Crippen LogP contribution in [0.3, 0.4) is 0 Å². The monoisotopic (exact) mass is 397 g/mol. The van der Waals surface area contributed by atoms with Crippen molar-refractivity contribution in [2.24, 2.45) is 0 Å². The van der Waals surface area contributed by atoms with Crippen LogP contribution in [-0.2, 0) is 10.2 Å². The van der Waals surface area contributed by atoms with Gasteiger partial charge in [0.1, 0.15) is 5.78 Å². The fourth-order valence-corrected chi connectivity index (χ4v) is 4.82. The van der Waals surface area contributed by atoms with E-state index in [0.717, 1.165) is 19.6 Å². The van der Waals surface area contributed by atoms with E-state index in [1.54, 1.807) is 0 Å². The number of rotatable bonds is 8. The lowest BCUT2D eigenvalue weighted by atomic mass is 9.66. The molecule has 3 aromatic carbocycles. The van der Waals surface area contributed by atoms with E-state index in [-0.39, 0.29) is 0 Å². The quantitative estimate of drug-likeness (QED) is 0.444. The summed E-state index contributed by atoms with van der Waals surface area (Å²) in [4.78, 5) is 15.8. The van der Waals surface area contributed by atoms with Gasteiger partial charge >= 0.3 is 0 Å². The maximum Gasteiger partial charge on any atom is 0.135 e. The molecule has 0 saturated carbocycles. The summed E-state index contributed by atoms with van der Waals surface area (Å²) in [6.07, 6.45) is 4.95. The Balaban J connectivity index is 1.70. The predicted molar refractivity (Wildman–Crippen MR) is 124 cm³/mol.